The first-order chi connectivity index (χ1) is 9.29. The molecule has 1 heterocycles. The second-order valence-electron chi connectivity index (χ2n) is 5.16. The fraction of sp³-hybridized carbons (Fsp3) is 0.438. The first kappa shape index (κ1) is 12.5. The third kappa shape index (κ3) is 2.35. The van der Waals surface area contributed by atoms with Crippen molar-refractivity contribution in [3.05, 3.63) is 40.8 Å². The van der Waals surface area contributed by atoms with Gasteiger partial charge in [0.25, 0.3) is 0 Å². The maximum absolute atomic E-state index is 13.5. The van der Waals surface area contributed by atoms with Crippen molar-refractivity contribution in [1.29, 1.82) is 0 Å². The molecule has 1 aliphatic rings. The van der Waals surface area contributed by atoms with Crippen molar-refractivity contribution in [3.63, 3.8) is 0 Å². The van der Waals surface area contributed by atoms with Crippen LogP contribution in [0.5, 0.6) is 0 Å². The van der Waals surface area contributed by atoms with Gasteiger partial charge in [-0.05, 0) is 61.6 Å². The zero-order valence-electron chi connectivity index (χ0n) is 11.3. The highest BCUT2D eigenvalue weighted by Crippen LogP contribution is 2.29. The Morgan fingerprint density at radius 2 is 2.11 bits per heavy atom. The van der Waals surface area contributed by atoms with Crippen LogP contribution in [0.1, 0.15) is 36.6 Å². The van der Waals surface area contributed by atoms with E-state index < -0.39 is 0 Å². The Labute approximate surface area is 113 Å². The molecule has 2 aromatic rings. The standard InChI is InChI=1S/C16H19FN2/c1-2-18-10-14-12-5-3-4-6-15(12)19-16-8-7-11(17)9-13(14)16/h7-9,18H,2-6,10H2,1H3. The maximum Gasteiger partial charge on any atom is 0.123 e. The summed E-state index contributed by atoms with van der Waals surface area (Å²) in [5.41, 5.74) is 4.75. The van der Waals surface area contributed by atoms with Gasteiger partial charge in [-0.3, -0.25) is 4.98 Å². The summed E-state index contributed by atoms with van der Waals surface area (Å²) >= 11 is 0. The molecule has 19 heavy (non-hydrogen) atoms. The van der Waals surface area contributed by atoms with E-state index in [4.69, 9.17) is 4.98 Å². The Morgan fingerprint density at radius 3 is 2.95 bits per heavy atom. The lowest BCUT2D eigenvalue weighted by atomic mass is 9.90. The summed E-state index contributed by atoms with van der Waals surface area (Å²) in [5, 5.41) is 4.35. The van der Waals surface area contributed by atoms with Gasteiger partial charge < -0.3 is 5.32 Å². The molecule has 0 spiro atoms. The van der Waals surface area contributed by atoms with Crippen LogP contribution < -0.4 is 5.32 Å². The van der Waals surface area contributed by atoms with Gasteiger partial charge in [0.2, 0.25) is 0 Å². The minimum absolute atomic E-state index is 0.178. The van der Waals surface area contributed by atoms with Gasteiger partial charge in [0.15, 0.2) is 0 Å². The van der Waals surface area contributed by atoms with Crippen LogP contribution in [0.15, 0.2) is 18.2 Å². The van der Waals surface area contributed by atoms with Crippen LogP contribution >= 0.6 is 0 Å². The summed E-state index contributed by atoms with van der Waals surface area (Å²) < 4.78 is 13.5. The maximum atomic E-state index is 13.5. The highest BCUT2D eigenvalue weighted by molar-refractivity contribution is 5.84. The monoisotopic (exact) mass is 258 g/mol. The summed E-state index contributed by atoms with van der Waals surface area (Å²) in [7, 11) is 0. The molecule has 0 saturated heterocycles. The fourth-order valence-corrected chi connectivity index (χ4v) is 2.95. The molecule has 3 rings (SSSR count). The molecule has 1 N–H and O–H groups in total. The predicted octanol–water partition coefficient (Wildman–Crippen LogP) is 3.36. The largest absolute Gasteiger partial charge is 0.313 e. The minimum atomic E-state index is -0.178. The lowest BCUT2D eigenvalue weighted by molar-refractivity contribution is 0.627. The van der Waals surface area contributed by atoms with Crippen LogP contribution in [0.3, 0.4) is 0 Å². The van der Waals surface area contributed by atoms with Gasteiger partial charge in [-0.1, -0.05) is 6.92 Å². The van der Waals surface area contributed by atoms with E-state index in [2.05, 4.69) is 12.2 Å². The number of nitrogens with one attached hydrogen (secondary N) is 1. The van der Waals surface area contributed by atoms with Gasteiger partial charge in [-0.25, -0.2) is 4.39 Å². The highest BCUT2D eigenvalue weighted by atomic mass is 19.1. The first-order valence-electron chi connectivity index (χ1n) is 7.10. The first-order valence-corrected chi connectivity index (χ1v) is 7.10. The number of nitrogens with zero attached hydrogens (tertiary/aromatic N) is 1. The third-order valence-electron chi connectivity index (χ3n) is 3.89. The molecule has 0 bridgehead atoms. The molecule has 3 heteroatoms. The summed E-state index contributed by atoms with van der Waals surface area (Å²) in [6.45, 7) is 3.83. The van der Waals surface area contributed by atoms with Crippen molar-refractivity contribution in [2.75, 3.05) is 6.54 Å². The zero-order chi connectivity index (χ0) is 13.2. The van der Waals surface area contributed by atoms with E-state index in [0.29, 0.717) is 0 Å². The number of benzene rings is 1. The Kier molecular flexibility index (Phi) is 3.47. The van der Waals surface area contributed by atoms with Crippen molar-refractivity contribution in [1.82, 2.24) is 10.3 Å². The van der Waals surface area contributed by atoms with Crippen molar-refractivity contribution in [3.8, 4) is 0 Å². The second-order valence-corrected chi connectivity index (χ2v) is 5.16. The normalized spacial score (nSPS) is 14.6. The van der Waals surface area contributed by atoms with Crippen molar-refractivity contribution >= 4 is 10.9 Å². The van der Waals surface area contributed by atoms with E-state index in [0.717, 1.165) is 36.8 Å². The van der Waals surface area contributed by atoms with Crippen molar-refractivity contribution in [2.24, 2.45) is 0 Å². The van der Waals surface area contributed by atoms with Gasteiger partial charge in [0.1, 0.15) is 5.82 Å². The fourth-order valence-electron chi connectivity index (χ4n) is 2.95. The molecule has 2 nitrogen and oxygen atoms in total. The summed E-state index contributed by atoms with van der Waals surface area (Å²) in [4.78, 5) is 4.73. The Bertz CT molecular complexity index is 607. The van der Waals surface area contributed by atoms with Crippen LogP contribution in [0.2, 0.25) is 0 Å². The number of aryl methyl sites for hydroxylation is 1. The van der Waals surface area contributed by atoms with E-state index in [1.165, 1.54) is 35.7 Å². The molecular weight excluding hydrogens is 239 g/mol. The van der Waals surface area contributed by atoms with Gasteiger partial charge in [0.05, 0.1) is 5.52 Å². The number of halogens is 1. The number of pyridine rings is 1. The molecule has 1 aromatic heterocycles. The second kappa shape index (κ2) is 5.25. The Balaban J connectivity index is 2.21. The number of aromatic nitrogens is 1. The molecule has 100 valence electrons. The third-order valence-corrected chi connectivity index (χ3v) is 3.89. The van der Waals surface area contributed by atoms with Gasteiger partial charge in [-0.2, -0.15) is 0 Å². The van der Waals surface area contributed by atoms with E-state index in [9.17, 15) is 4.39 Å². The average molecular weight is 258 g/mol. The smallest absolute Gasteiger partial charge is 0.123 e. The van der Waals surface area contributed by atoms with Crippen LogP contribution in [0.25, 0.3) is 10.9 Å². The van der Waals surface area contributed by atoms with E-state index in [-0.39, 0.29) is 5.82 Å². The quantitative estimate of drug-likeness (QED) is 0.913. The van der Waals surface area contributed by atoms with Crippen molar-refractivity contribution < 1.29 is 4.39 Å². The minimum Gasteiger partial charge on any atom is -0.313 e. The molecule has 0 fully saturated rings. The van der Waals surface area contributed by atoms with Crippen LogP contribution in [-0.4, -0.2) is 11.5 Å². The number of rotatable bonds is 3. The summed E-state index contributed by atoms with van der Waals surface area (Å²) in [6, 6.07) is 4.93. The topological polar surface area (TPSA) is 24.9 Å². The molecule has 1 aliphatic carbocycles. The van der Waals surface area contributed by atoms with E-state index in [1.54, 1.807) is 12.1 Å². The van der Waals surface area contributed by atoms with Gasteiger partial charge in [-0.15, -0.1) is 0 Å². The number of hydrogen-bond acceptors (Lipinski definition) is 2. The predicted molar refractivity (Wildman–Crippen MR) is 75.7 cm³/mol. The molecule has 0 amide bonds. The lowest BCUT2D eigenvalue weighted by Gasteiger charge is -2.21. The highest BCUT2D eigenvalue weighted by Gasteiger charge is 2.17. The summed E-state index contributed by atoms with van der Waals surface area (Å²) in [6.07, 6.45) is 4.57. The molecule has 0 saturated carbocycles. The summed E-state index contributed by atoms with van der Waals surface area (Å²) in [5.74, 6) is -0.178. The van der Waals surface area contributed by atoms with Crippen LogP contribution in [0, 0.1) is 5.82 Å². The van der Waals surface area contributed by atoms with Crippen LogP contribution in [-0.2, 0) is 19.4 Å². The molecule has 0 unspecified atom stereocenters. The Hall–Kier alpha value is -1.48. The van der Waals surface area contributed by atoms with Gasteiger partial charge >= 0.3 is 0 Å². The SMILES string of the molecule is CCNCc1c2c(nc3ccc(F)cc13)CCCC2. The molecule has 1 aromatic carbocycles. The van der Waals surface area contributed by atoms with Crippen molar-refractivity contribution in [2.45, 2.75) is 39.2 Å². The van der Waals surface area contributed by atoms with Crippen LogP contribution in [0.4, 0.5) is 4.39 Å². The molecule has 0 radical (unpaired) electrons. The van der Waals surface area contributed by atoms with E-state index >= 15 is 0 Å². The lowest BCUT2D eigenvalue weighted by Crippen LogP contribution is -2.17. The van der Waals surface area contributed by atoms with E-state index in [1.807, 2.05) is 0 Å². The number of hydrogen-bond donors (Lipinski definition) is 1. The molecule has 0 aliphatic heterocycles. The number of fused-ring (bicyclic) bond motifs is 2. The average Bonchev–Trinajstić information content (AvgIpc) is 2.44. The van der Waals surface area contributed by atoms with Gasteiger partial charge in [0, 0.05) is 17.6 Å². The molecule has 0 atom stereocenters. The molecular formula is C16H19FN2. The zero-order valence-corrected chi connectivity index (χ0v) is 11.3. The Morgan fingerprint density at radius 1 is 1.26 bits per heavy atom.